The minimum Gasteiger partial charge on any atom is -0.394 e. The van der Waals surface area contributed by atoms with Gasteiger partial charge >= 0.3 is 0 Å². The molecule has 0 spiro atoms. The monoisotopic (exact) mass is 842 g/mol. The summed E-state index contributed by atoms with van der Waals surface area (Å²) in [4.78, 5) is 13.1. The van der Waals surface area contributed by atoms with Crippen LogP contribution < -0.4 is 5.32 Å². The summed E-state index contributed by atoms with van der Waals surface area (Å²) in [6, 6.07) is -1.19. The number of ether oxygens (including phenoxy) is 2. The average Bonchev–Trinajstić information content (AvgIpc) is 3.23. The highest BCUT2D eigenvalue weighted by molar-refractivity contribution is 5.80. The number of unbranched alkanes of at least 4 members (excludes halogenated alkanes) is 24. The second kappa shape index (κ2) is 38.3. The van der Waals surface area contributed by atoms with Gasteiger partial charge in [0.1, 0.15) is 36.6 Å². The molecule has 9 unspecified atom stereocenters. The van der Waals surface area contributed by atoms with E-state index < -0.39 is 74.2 Å². The van der Waals surface area contributed by atoms with Crippen molar-refractivity contribution in [3.05, 3.63) is 24.3 Å². The number of carbonyl (C=O) groups excluding carboxylic acids is 1. The van der Waals surface area contributed by atoms with Gasteiger partial charge in [-0.25, -0.2) is 0 Å². The summed E-state index contributed by atoms with van der Waals surface area (Å²) in [6.45, 7) is 3.34. The van der Waals surface area contributed by atoms with Crippen LogP contribution >= 0.6 is 0 Å². The van der Waals surface area contributed by atoms with Crippen molar-refractivity contribution in [3.8, 4) is 0 Å². The van der Waals surface area contributed by atoms with Crippen molar-refractivity contribution in [2.45, 2.75) is 262 Å². The van der Waals surface area contributed by atoms with Gasteiger partial charge in [0.05, 0.1) is 25.4 Å². The fourth-order valence-corrected chi connectivity index (χ4v) is 7.70. The van der Waals surface area contributed by atoms with Gasteiger partial charge in [-0.05, 0) is 44.9 Å². The van der Waals surface area contributed by atoms with Crippen molar-refractivity contribution in [1.82, 2.24) is 5.32 Å². The summed E-state index contributed by atoms with van der Waals surface area (Å²) < 4.78 is 11.1. The van der Waals surface area contributed by atoms with Crippen LogP contribution in [0.4, 0.5) is 0 Å². The van der Waals surface area contributed by atoms with E-state index in [2.05, 4.69) is 37.4 Å². The molecule has 1 rings (SSSR count). The van der Waals surface area contributed by atoms with Gasteiger partial charge in [0.25, 0.3) is 0 Å². The van der Waals surface area contributed by atoms with E-state index in [4.69, 9.17) is 9.47 Å². The summed E-state index contributed by atoms with van der Waals surface area (Å²) >= 11 is 0. The lowest BCUT2D eigenvalue weighted by Gasteiger charge is -2.40. The minimum absolute atomic E-state index is 0.246. The Bertz CT molecular complexity index is 1010. The molecular formula is C48H91NO10. The molecule has 59 heavy (non-hydrogen) atoms. The van der Waals surface area contributed by atoms with Gasteiger partial charge in [-0.15, -0.1) is 0 Å². The van der Waals surface area contributed by atoms with Gasteiger partial charge in [0, 0.05) is 0 Å². The normalized spacial score (nSPS) is 21.9. The van der Waals surface area contributed by atoms with E-state index in [0.29, 0.717) is 19.3 Å². The number of aliphatic hydroxyl groups is 7. The van der Waals surface area contributed by atoms with Crippen LogP contribution in [0.1, 0.15) is 206 Å². The van der Waals surface area contributed by atoms with Crippen LogP contribution in [0.2, 0.25) is 0 Å². The van der Waals surface area contributed by atoms with Crippen LogP contribution in [-0.4, -0.2) is 110 Å². The molecule has 0 bridgehead atoms. The zero-order valence-corrected chi connectivity index (χ0v) is 37.5. The van der Waals surface area contributed by atoms with Gasteiger partial charge in [-0.3, -0.25) is 4.79 Å². The predicted molar refractivity (Wildman–Crippen MR) is 238 cm³/mol. The summed E-state index contributed by atoms with van der Waals surface area (Å²) in [5.74, 6) is -0.710. The molecule has 1 fully saturated rings. The molecule has 11 nitrogen and oxygen atoms in total. The lowest BCUT2D eigenvalue weighted by Crippen LogP contribution is -2.60. The Morgan fingerprint density at radius 3 is 1.51 bits per heavy atom. The van der Waals surface area contributed by atoms with Crippen molar-refractivity contribution in [2.24, 2.45) is 0 Å². The van der Waals surface area contributed by atoms with E-state index in [-0.39, 0.29) is 12.8 Å². The second-order valence-electron chi connectivity index (χ2n) is 17.2. The standard InChI is InChI=1S/C48H91NO10/c1-3-5-7-9-11-13-15-16-17-18-19-20-21-22-23-24-25-26-28-30-32-34-36-41(52)47(57)49-39(38-58-48-46(56)45(55)44(54)42(37-50)59-48)43(53)40(51)35-33-31-29-27-14-12-10-8-6-4-2/h8,10,27,29,39-46,48,50-56H,3-7,9,11-26,28,30-38H2,1-2H3,(H,49,57)/b10-8+,29-27+. The van der Waals surface area contributed by atoms with E-state index in [0.717, 1.165) is 44.9 Å². The largest absolute Gasteiger partial charge is 0.394 e. The third-order valence-corrected chi connectivity index (χ3v) is 11.7. The molecule has 9 atom stereocenters. The Morgan fingerprint density at radius 2 is 1.03 bits per heavy atom. The lowest BCUT2D eigenvalue weighted by molar-refractivity contribution is -0.303. The fraction of sp³-hybridized carbons (Fsp3) is 0.896. The lowest BCUT2D eigenvalue weighted by atomic mass is 9.98. The summed E-state index contributed by atoms with van der Waals surface area (Å²) in [5.41, 5.74) is 0. The molecule has 0 aliphatic carbocycles. The maximum atomic E-state index is 13.1. The minimum atomic E-state index is -1.67. The van der Waals surface area contributed by atoms with Crippen molar-refractivity contribution in [1.29, 1.82) is 0 Å². The molecule has 0 radical (unpaired) electrons. The number of allylic oxidation sites excluding steroid dienone is 4. The van der Waals surface area contributed by atoms with Crippen molar-refractivity contribution < 1.29 is 50.0 Å². The molecular weight excluding hydrogens is 751 g/mol. The van der Waals surface area contributed by atoms with Crippen LogP contribution in [-0.2, 0) is 14.3 Å². The number of hydrogen-bond donors (Lipinski definition) is 8. The Balaban J connectivity index is 2.35. The van der Waals surface area contributed by atoms with Gasteiger partial charge in [0.15, 0.2) is 6.29 Å². The molecule has 1 saturated heterocycles. The molecule has 8 N–H and O–H groups in total. The van der Waals surface area contributed by atoms with E-state index in [1.807, 2.05) is 6.08 Å². The first kappa shape index (κ1) is 55.6. The van der Waals surface area contributed by atoms with Crippen molar-refractivity contribution >= 4 is 5.91 Å². The van der Waals surface area contributed by atoms with Crippen molar-refractivity contribution in [2.75, 3.05) is 13.2 Å². The maximum absolute atomic E-state index is 13.1. The summed E-state index contributed by atoms with van der Waals surface area (Å²) in [6.07, 6.45) is 31.1. The quantitative estimate of drug-likeness (QED) is 0.0221. The zero-order chi connectivity index (χ0) is 43.4. The molecule has 0 aromatic rings. The van der Waals surface area contributed by atoms with Crippen LogP contribution in [0.15, 0.2) is 24.3 Å². The Hall–Kier alpha value is -1.41. The molecule has 1 aliphatic heterocycles. The molecule has 348 valence electrons. The number of hydrogen-bond acceptors (Lipinski definition) is 10. The number of rotatable bonds is 40. The third kappa shape index (κ3) is 28.0. The SMILES string of the molecule is CCC/C=C/CC/C=C/CCCC(O)C(O)C(COC1OC(CO)C(O)C(O)C1O)NC(=O)C(O)CCCCCCCCCCCCCCCCCCCCCCCC. The van der Waals surface area contributed by atoms with Crippen molar-refractivity contribution in [3.63, 3.8) is 0 Å². The number of aliphatic hydroxyl groups excluding tert-OH is 7. The zero-order valence-electron chi connectivity index (χ0n) is 37.5. The third-order valence-electron chi connectivity index (χ3n) is 11.7. The van der Waals surface area contributed by atoms with E-state index in [1.54, 1.807) is 0 Å². The fourth-order valence-electron chi connectivity index (χ4n) is 7.70. The van der Waals surface area contributed by atoms with Crippen LogP contribution in [0.25, 0.3) is 0 Å². The molecule has 11 heteroatoms. The highest BCUT2D eigenvalue weighted by Crippen LogP contribution is 2.23. The number of nitrogens with one attached hydrogen (secondary N) is 1. The van der Waals surface area contributed by atoms with E-state index >= 15 is 0 Å². The van der Waals surface area contributed by atoms with E-state index in [1.165, 1.54) is 116 Å². The number of amides is 1. The first-order chi connectivity index (χ1) is 28.7. The summed E-state index contributed by atoms with van der Waals surface area (Å²) in [7, 11) is 0. The molecule has 0 saturated carbocycles. The molecule has 0 aromatic heterocycles. The summed E-state index contributed by atoms with van der Waals surface area (Å²) in [5, 5.41) is 75.5. The smallest absolute Gasteiger partial charge is 0.249 e. The van der Waals surface area contributed by atoms with E-state index in [9.17, 15) is 40.5 Å². The van der Waals surface area contributed by atoms with Gasteiger partial charge in [-0.2, -0.15) is 0 Å². The second-order valence-corrected chi connectivity index (χ2v) is 17.2. The van der Waals surface area contributed by atoms with Crippen LogP contribution in [0, 0.1) is 0 Å². The van der Waals surface area contributed by atoms with Gasteiger partial charge in [0.2, 0.25) is 5.91 Å². The molecule has 1 amide bonds. The van der Waals surface area contributed by atoms with Crippen LogP contribution in [0.5, 0.6) is 0 Å². The van der Waals surface area contributed by atoms with Gasteiger partial charge in [-0.1, -0.05) is 186 Å². The Kier molecular flexibility index (Phi) is 36.1. The van der Waals surface area contributed by atoms with Gasteiger partial charge < -0.3 is 50.5 Å². The first-order valence-corrected chi connectivity index (χ1v) is 24.2. The highest BCUT2D eigenvalue weighted by Gasteiger charge is 2.44. The highest BCUT2D eigenvalue weighted by atomic mass is 16.7. The maximum Gasteiger partial charge on any atom is 0.249 e. The predicted octanol–water partition coefficient (Wildman–Crippen LogP) is 8.23. The van der Waals surface area contributed by atoms with Crippen LogP contribution in [0.3, 0.4) is 0 Å². The molecule has 1 aliphatic rings. The topological polar surface area (TPSA) is 189 Å². The molecule has 1 heterocycles. The Labute approximate surface area is 359 Å². The average molecular weight is 842 g/mol. The first-order valence-electron chi connectivity index (χ1n) is 24.2. The Morgan fingerprint density at radius 1 is 0.576 bits per heavy atom. The molecule has 0 aromatic carbocycles. The number of carbonyl (C=O) groups is 1.